The summed E-state index contributed by atoms with van der Waals surface area (Å²) in [6.45, 7) is 4.98. The maximum atomic E-state index is 5.56. The van der Waals surface area contributed by atoms with Gasteiger partial charge in [-0.1, -0.05) is 54.1 Å². The van der Waals surface area contributed by atoms with Gasteiger partial charge in [-0.15, -0.1) is 0 Å². The molecule has 0 aliphatic heterocycles. The second kappa shape index (κ2) is 6.68. The number of hydrogen-bond acceptors (Lipinski definition) is 2. The van der Waals surface area contributed by atoms with Crippen molar-refractivity contribution < 1.29 is 4.74 Å². The molecule has 0 fully saturated rings. The van der Waals surface area contributed by atoms with E-state index in [1.54, 1.807) is 7.11 Å². The molecule has 4 rings (SSSR count). The molecular weight excluding hydrogens is 320 g/mol. The van der Waals surface area contributed by atoms with Gasteiger partial charge in [-0.05, 0) is 37.6 Å². The number of benzene rings is 3. The van der Waals surface area contributed by atoms with Crippen LogP contribution >= 0.6 is 0 Å². The van der Waals surface area contributed by atoms with Gasteiger partial charge in [0.05, 0.1) is 24.7 Å². The summed E-state index contributed by atoms with van der Waals surface area (Å²) in [5.74, 6) is 1.89. The summed E-state index contributed by atoms with van der Waals surface area (Å²) in [5.41, 5.74) is 6.96. The van der Waals surface area contributed by atoms with Crippen LogP contribution in [0, 0.1) is 13.8 Å². The minimum Gasteiger partial charge on any atom is -0.496 e. The number of nitrogens with zero attached hydrogens (tertiary/aromatic N) is 2. The Morgan fingerprint density at radius 1 is 0.923 bits per heavy atom. The first-order valence-electron chi connectivity index (χ1n) is 8.82. The highest BCUT2D eigenvalue weighted by atomic mass is 16.5. The lowest BCUT2D eigenvalue weighted by molar-refractivity contribution is 0.408. The van der Waals surface area contributed by atoms with Crippen molar-refractivity contribution in [2.24, 2.45) is 0 Å². The minimum absolute atomic E-state index is 0.715. The summed E-state index contributed by atoms with van der Waals surface area (Å²) < 4.78 is 7.84. The van der Waals surface area contributed by atoms with E-state index < -0.39 is 0 Å². The number of para-hydroxylation sites is 3. The van der Waals surface area contributed by atoms with E-state index >= 15 is 0 Å². The Morgan fingerprint density at radius 3 is 2.50 bits per heavy atom. The maximum absolute atomic E-state index is 5.56. The monoisotopic (exact) mass is 342 g/mol. The van der Waals surface area contributed by atoms with Crippen molar-refractivity contribution in [2.45, 2.75) is 20.4 Å². The molecule has 0 aliphatic rings. The fourth-order valence-electron chi connectivity index (χ4n) is 3.51. The fraction of sp³-hybridized carbons (Fsp3) is 0.174. The summed E-state index contributed by atoms with van der Waals surface area (Å²) in [5, 5.41) is 0. The number of fused-ring (bicyclic) bond motifs is 1. The van der Waals surface area contributed by atoms with Crippen LogP contribution < -0.4 is 4.74 Å². The predicted octanol–water partition coefficient (Wildman–Crippen LogP) is 5.38. The van der Waals surface area contributed by atoms with Gasteiger partial charge in [-0.3, -0.25) is 0 Å². The normalized spacial score (nSPS) is 11.0. The number of ether oxygens (including phenoxy) is 1. The van der Waals surface area contributed by atoms with E-state index in [0.717, 1.165) is 28.2 Å². The molecule has 0 saturated carbocycles. The van der Waals surface area contributed by atoms with Crippen molar-refractivity contribution in [3.05, 3.63) is 83.4 Å². The first-order chi connectivity index (χ1) is 12.7. The van der Waals surface area contributed by atoms with E-state index in [1.165, 1.54) is 16.7 Å². The predicted molar refractivity (Wildman–Crippen MR) is 107 cm³/mol. The van der Waals surface area contributed by atoms with Gasteiger partial charge in [0.15, 0.2) is 0 Å². The molecular formula is C23H22N2O. The van der Waals surface area contributed by atoms with E-state index in [1.807, 2.05) is 24.3 Å². The highest BCUT2D eigenvalue weighted by Gasteiger charge is 2.15. The first-order valence-corrected chi connectivity index (χ1v) is 8.82. The number of rotatable bonds is 4. The highest BCUT2D eigenvalue weighted by molar-refractivity contribution is 5.81. The molecule has 0 saturated heterocycles. The van der Waals surface area contributed by atoms with Crippen LogP contribution in [-0.2, 0) is 6.54 Å². The largest absolute Gasteiger partial charge is 0.496 e. The highest BCUT2D eigenvalue weighted by Crippen LogP contribution is 2.30. The van der Waals surface area contributed by atoms with E-state index in [4.69, 9.17) is 9.72 Å². The Morgan fingerprint density at radius 2 is 1.69 bits per heavy atom. The van der Waals surface area contributed by atoms with Crippen LogP contribution in [0.4, 0.5) is 0 Å². The van der Waals surface area contributed by atoms with Crippen molar-refractivity contribution >= 4 is 11.0 Å². The van der Waals surface area contributed by atoms with Crippen LogP contribution in [0.2, 0.25) is 0 Å². The first kappa shape index (κ1) is 16.4. The third-order valence-electron chi connectivity index (χ3n) is 4.80. The van der Waals surface area contributed by atoms with E-state index in [-0.39, 0.29) is 0 Å². The lowest BCUT2D eigenvalue weighted by Crippen LogP contribution is -2.04. The van der Waals surface area contributed by atoms with Gasteiger partial charge in [0.1, 0.15) is 11.6 Å². The van der Waals surface area contributed by atoms with Gasteiger partial charge in [0.25, 0.3) is 0 Å². The standard InChI is InChI=1S/C23H22N2O/c1-16-12-13-19(17(2)14-16)23-24-20-9-5-6-10-21(20)25(23)15-18-8-4-7-11-22(18)26-3/h4-14H,15H2,1-3H3. The molecule has 26 heavy (non-hydrogen) atoms. The number of imidazole rings is 1. The molecule has 0 spiro atoms. The molecule has 0 radical (unpaired) electrons. The summed E-state index contributed by atoms with van der Waals surface area (Å²) in [6, 6.07) is 23.0. The number of aromatic nitrogens is 2. The number of aryl methyl sites for hydroxylation is 2. The molecule has 0 amide bonds. The second-order valence-electron chi connectivity index (χ2n) is 6.64. The molecule has 3 heteroatoms. The van der Waals surface area contributed by atoms with Crippen LogP contribution in [-0.4, -0.2) is 16.7 Å². The summed E-state index contributed by atoms with van der Waals surface area (Å²) >= 11 is 0. The summed E-state index contributed by atoms with van der Waals surface area (Å²) in [6.07, 6.45) is 0. The number of methoxy groups -OCH3 is 1. The molecule has 0 bridgehead atoms. The Labute approximate surface area is 153 Å². The number of hydrogen-bond donors (Lipinski definition) is 0. The average molecular weight is 342 g/mol. The van der Waals surface area contributed by atoms with Crippen LogP contribution in [0.1, 0.15) is 16.7 Å². The van der Waals surface area contributed by atoms with E-state index in [9.17, 15) is 0 Å². The van der Waals surface area contributed by atoms with Crippen LogP contribution in [0.25, 0.3) is 22.4 Å². The zero-order valence-corrected chi connectivity index (χ0v) is 15.4. The van der Waals surface area contributed by atoms with Gasteiger partial charge >= 0.3 is 0 Å². The van der Waals surface area contributed by atoms with Crippen LogP contribution in [0.15, 0.2) is 66.7 Å². The molecule has 4 aromatic rings. The van der Waals surface area contributed by atoms with E-state index in [2.05, 4.69) is 60.9 Å². The summed E-state index contributed by atoms with van der Waals surface area (Å²) in [4.78, 5) is 4.95. The lowest BCUT2D eigenvalue weighted by Gasteiger charge is -2.14. The molecule has 130 valence electrons. The Balaban J connectivity index is 1.92. The molecule has 3 nitrogen and oxygen atoms in total. The van der Waals surface area contributed by atoms with Crippen molar-refractivity contribution in [2.75, 3.05) is 7.11 Å². The molecule has 0 N–H and O–H groups in total. The van der Waals surface area contributed by atoms with Gasteiger partial charge in [0.2, 0.25) is 0 Å². The third kappa shape index (κ3) is 2.86. The van der Waals surface area contributed by atoms with Gasteiger partial charge < -0.3 is 9.30 Å². The molecule has 1 heterocycles. The SMILES string of the molecule is COc1ccccc1Cn1c(-c2ccc(C)cc2C)nc2ccccc21. The maximum Gasteiger partial charge on any atom is 0.141 e. The Hall–Kier alpha value is -3.07. The van der Waals surface area contributed by atoms with Gasteiger partial charge in [-0.25, -0.2) is 4.98 Å². The molecule has 0 aliphatic carbocycles. The zero-order chi connectivity index (χ0) is 18.1. The second-order valence-corrected chi connectivity index (χ2v) is 6.64. The Bertz CT molecular complexity index is 1080. The smallest absolute Gasteiger partial charge is 0.141 e. The van der Waals surface area contributed by atoms with Gasteiger partial charge in [-0.2, -0.15) is 0 Å². The Kier molecular flexibility index (Phi) is 4.21. The third-order valence-corrected chi connectivity index (χ3v) is 4.80. The van der Waals surface area contributed by atoms with Crippen LogP contribution in [0.5, 0.6) is 5.75 Å². The van der Waals surface area contributed by atoms with Crippen molar-refractivity contribution in [1.82, 2.24) is 9.55 Å². The quantitative estimate of drug-likeness (QED) is 0.498. The van der Waals surface area contributed by atoms with Crippen molar-refractivity contribution in [3.63, 3.8) is 0 Å². The molecule has 3 aromatic carbocycles. The topological polar surface area (TPSA) is 27.1 Å². The van der Waals surface area contributed by atoms with Crippen molar-refractivity contribution in [1.29, 1.82) is 0 Å². The lowest BCUT2D eigenvalue weighted by atomic mass is 10.1. The molecule has 0 unspecified atom stereocenters. The zero-order valence-electron chi connectivity index (χ0n) is 15.4. The van der Waals surface area contributed by atoms with Crippen LogP contribution in [0.3, 0.4) is 0 Å². The van der Waals surface area contributed by atoms with Crippen molar-refractivity contribution in [3.8, 4) is 17.1 Å². The van der Waals surface area contributed by atoms with E-state index in [0.29, 0.717) is 6.54 Å². The fourth-order valence-corrected chi connectivity index (χ4v) is 3.51. The summed E-state index contributed by atoms with van der Waals surface area (Å²) in [7, 11) is 1.72. The van der Waals surface area contributed by atoms with Gasteiger partial charge in [0, 0.05) is 11.1 Å². The molecule has 1 aromatic heterocycles. The average Bonchev–Trinajstić information content (AvgIpc) is 3.00. The molecule has 0 atom stereocenters. The minimum atomic E-state index is 0.715.